The summed E-state index contributed by atoms with van der Waals surface area (Å²) >= 11 is 0. The number of nitrogens with one attached hydrogen (secondary N) is 1. The molecule has 2 rings (SSSR count). The van der Waals surface area contributed by atoms with Gasteiger partial charge in [0, 0.05) is 11.3 Å². The Balaban J connectivity index is 2.30. The summed E-state index contributed by atoms with van der Waals surface area (Å²) in [6.45, 7) is 6.36. The number of ether oxygens (including phenoxy) is 2. The van der Waals surface area contributed by atoms with Crippen LogP contribution in [0, 0.1) is 0 Å². The molecule has 122 valence electrons. The fourth-order valence-corrected chi connectivity index (χ4v) is 2.42. The van der Waals surface area contributed by atoms with Gasteiger partial charge in [0.15, 0.2) is 11.5 Å². The first-order valence-corrected chi connectivity index (χ1v) is 7.49. The molecule has 0 bridgehead atoms. The third-order valence-electron chi connectivity index (χ3n) is 3.63. The van der Waals surface area contributed by atoms with E-state index in [2.05, 4.69) is 26.1 Å². The van der Waals surface area contributed by atoms with Gasteiger partial charge in [0.05, 0.1) is 14.2 Å². The second-order valence-corrected chi connectivity index (χ2v) is 6.32. The molecule has 1 amide bonds. The minimum Gasteiger partial charge on any atom is -0.493 e. The van der Waals surface area contributed by atoms with Crippen molar-refractivity contribution in [2.24, 2.45) is 0 Å². The molecular formula is C19H23NO3. The highest BCUT2D eigenvalue weighted by molar-refractivity contribution is 6.05. The maximum absolute atomic E-state index is 12.6. The Hall–Kier alpha value is -2.49. The van der Waals surface area contributed by atoms with Crippen LogP contribution >= 0.6 is 0 Å². The molecule has 0 saturated carbocycles. The van der Waals surface area contributed by atoms with Crippen molar-refractivity contribution in [1.82, 2.24) is 0 Å². The minimum atomic E-state index is -0.178. The van der Waals surface area contributed by atoms with Gasteiger partial charge in [0.1, 0.15) is 0 Å². The van der Waals surface area contributed by atoms with Crippen LogP contribution < -0.4 is 14.8 Å². The number of hydrogen-bond acceptors (Lipinski definition) is 3. The van der Waals surface area contributed by atoms with Gasteiger partial charge in [-0.2, -0.15) is 0 Å². The maximum Gasteiger partial charge on any atom is 0.255 e. The van der Waals surface area contributed by atoms with E-state index >= 15 is 0 Å². The van der Waals surface area contributed by atoms with Gasteiger partial charge in [0.2, 0.25) is 0 Å². The summed E-state index contributed by atoms with van der Waals surface area (Å²) in [4.78, 5) is 12.6. The number of rotatable bonds is 4. The van der Waals surface area contributed by atoms with Crippen LogP contribution in [-0.2, 0) is 5.41 Å². The van der Waals surface area contributed by atoms with Crippen molar-refractivity contribution in [2.45, 2.75) is 26.2 Å². The fourth-order valence-electron chi connectivity index (χ4n) is 2.42. The Morgan fingerprint density at radius 2 is 1.61 bits per heavy atom. The second-order valence-electron chi connectivity index (χ2n) is 6.32. The number of amides is 1. The van der Waals surface area contributed by atoms with E-state index in [4.69, 9.17) is 9.47 Å². The third kappa shape index (κ3) is 3.83. The molecule has 2 aromatic carbocycles. The van der Waals surface area contributed by atoms with E-state index in [0.29, 0.717) is 17.1 Å². The molecule has 1 N–H and O–H groups in total. The lowest BCUT2D eigenvalue weighted by molar-refractivity contribution is 0.102. The molecule has 0 fully saturated rings. The summed E-state index contributed by atoms with van der Waals surface area (Å²) in [5.74, 6) is 0.950. The molecule has 0 unspecified atom stereocenters. The van der Waals surface area contributed by atoms with Crippen molar-refractivity contribution in [3.05, 3.63) is 53.6 Å². The summed E-state index contributed by atoms with van der Waals surface area (Å²) in [5, 5.41) is 2.99. The van der Waals surface area contributed by atoms with Crippen molar-refractivity contribution >= 4 is 11.6 Å². The molecule has 0 atom stereocenters. The summed E-state index contributed by atoms with van der Waals surface area (Å²) in [5.41, 5.74) is 2.38. The van der Waals surface area contributed by atoms with Crippen molar-refractivity contribution in [2.75, 3.05) is 19.5 Å². The summed E-state index contributed by atoms with van der Waals surface area (Å²) in [6, 6.07) is 13.0. The number of carbonyl (C=O) groups is 1. The van der Waals surface area contributed by atoms with Crippen LogP contribution in [0.4, 0.5) is 5.69 Å². The molecule has 0 heterocycles. The Bertz CT molecular complexity index is 702. The molecule has 0 spiro atoms. The maximum atomic E-state index is 12.6. The minimum absolute atomic E-state index is 0.0541. The first-order chi connectivity index (χ1) is 10.9. The molecule has 2 aromatic rings. The second kappa shape index (κ2) is 6.73. The van der Waals surface area contributed by atoms with Gasteiger partial charge in [-0.25, -0.2) is 0 Å². The topological polar surface area (TPSA) is 47.6 Å². The van der Waals surface area contributed by atoms with Gasteiger partial charge in [-0.1, -0.05) is 39.0 Å². The van der Waals surface area contributed by atoms with Gasteiger partial charge in [-0.15, -0.1) is 0 Å². The standard InChI is InChI=1S/C19H23NO3/c1-19(2,3)14-8-6-7-9-15(14)20-18(21)13-10-11-16(22-4)17(12-13)23-5/h6-12H,1-5H3,(H,20,21). The smallest absolute Gasteiger partial charge is 0.255 e. The number of benzene rings is 2. The third-order valence-corrected chi connectivity index (χ3v) is 3.63. The van der Waals surface area contributed by atoms with Crippen molar-refractivity contribution in [3.63, 3.8) is 0 Å². The molecule has 0 aromatic heterocycles. The predicted molar refractivity (Wildman–Crippen MR) is 92.6 cm³/mol. The van der Waals surface area contributed by atoms with Gasteiger partial charge in [0.25, 0.3) is 5.91 Å². The van der Waals surface area contributed by atoms with Gasteiger partial charge < -0.3 is 14.8 Å². The molecule has 0 aliphatic heterocycles. The van der Waals surface area contributed by atoms with E-state index in [1.165, 1.54) is 0 Å². The number of para-hydroxylation sites is 1. The molecular weight excluding hydrogens is 290 g/mol. The molecule has 0 aliphatic rings. The lowest BCUT2D eigenvalue weighted by Gasteiger charge is -2.23. The first-order valence-electron chi connectivity index (χ1n) is 7.49. The monoisotopic (exact) mass is 313 g/mol. The van der Waals surface area contributed by atoms with Crippen molar-refractivity contribution in [1.29, 1.82) is 0 Å². The molecule has 4 heteroatoms. The first kappa shape index (κ1) is 16.9. The Labute approximate surface area is 137 Å². The van der Waals surface area contributed by atoms with E-state index < -0.39 is 0 Å². The highest BCUT2D eigenvalue weighted by Gasteiger charge is 2.19. The Morgan fingerprint density at radius 1 is 0.957 bits per heavy atom. The van der Waals surface area contributed by atoms with E-state index in [9.17, 15) is 4.79 Å². The highest BCUT2D eigenvalue weighted by Crippen LogP contribution is 2.31. The fraction of sp³-hybridized carbons (Fsp3) is 0.316. The number of anilines is 1. The van der Waals surface area contributed by atoms with Crippen LogP contribution in [0.15, 0.2) is 42.5 Å². The molecule has 4 nitrogen and oxygen atoms in total. The number of hydrogen-bond donors (Lipinski definition) is 1. The zero-order chi connectivity index (χ0) is 17.0. The van der Waals surface area contributed by atoms with Gasteiger partial charge in [-0.3, -0.25) is 4.79 Å². The summed E-state index contributed by atoms with van der Waals surface area (Å²) in [6.07, 6.45) is 0. The highest BCUT2D eigenvalue weighted by atomic mass is 16.5. The molecule has 0 radical (unpaired) electrons. The van der Waals surface area contributed by atoms with Crippen LogP contribution in [-0.4, -0.2) is 20.1 Å². The number of methoxy groups -OCH3 is 2. The Kier molecular flexibility index (Phi) is 4.94. The quantitative estimate of drug-likeness (QED) is 0.917. The largest absolute Gasteiger partial charge is 0.493 e. The van der Waals surface area contributed by atoms with E-state index in [-0.39, 0.29) is 11.3 Å². The normalized spacial score (nSPS) is 11.0. The van der Waals surface area contributed by atoms with Crippen LogP contribution in [0.2, 0.25) is 0 Å². The number of carbonyl (C=O) groups excluding carboxylic acids is 1. The van der Waals surface area contributed by atoms with E-state index in [0.717, 1.165) is 11.3 Å². The lowest BCUT2D eigenvalue weighted by atomic mass is 9.86. The lowest BCUT2D eigenvalue weighted by Crippen LogP contribution is -2.18. The zero-order valence-corrected chi connectivity index (χ0v) is 14.3. The molecule has 23 heavy (non-hydrogen) atoms. The zero-order valence-electron chi connectivity index (χ0n) is 14.3. The van der Waals surface area contributed by atoms with E-state index in [1.807, 2.05) is 24.3 Å². The Morgan fingerprint density at radius 3 is 2.22 bits per heavy atom. The van der Waals surface area contributed by atoms with Crippen molar-refractivity contribution in [3.8, 4) is 11.5 Å². The van der Waals surface area contributed by atoms with Crippen LogP contribution in [0.5, 0.6) is 11.5 Å². The van der Waals surface area contributed by atoms with Crippen LogP contribution in [0.1, 0.15) is 36.7 Å². The summed E-state index contributed by atoms with van der Waals surface area (Å²) < 4.78 is 10.4. The van der Waals surface area contributed by atoms with Crippen LogP contribution in [0.3, 0.4) is 0 Å². The average molecular weight is 313 g/mol. The van der Waals surface area contributed by atoms with E-state index in [1.54, 1.807) is 32.4 Å². The average Bonchev–Trinajstić information content (AvgIpc) is 2.53. The predicted octanol–water partition coefficient (Wildman–Crippen LogP) is 4.25. The summed E-state index contributed by atoms with van der Waals surface area (Å²) in [7, 11) is 3.12. The van der Waals surface area contributed by atoms with Crippen LogP contribution in [0.25, 0.3) is 0 Å². The van der Waals surface area contributed by atoms with Gasteiger partial charge in [-0.05, 0) is 35.2 Å². The molecule has 0 saturated heterocycles. The SMILES string of the molecule is COc1ccc(C(=O)Nc2ccccc2C(C)(C)C)cc1OC. The molecule has 0 aliphatic carbocycles. The van der Waals surface area contributed by atoms with Gasteiger partial charge >= 0.3 is 0 Å². The van der Waals surface area contributed by atoms with Crippen molar-refractivity contribution < 1.29 is 14.3 Å².